The van der Waals surface area contributed by atoms with E-state index in [1.54, 1.807) is 30.1 Å². The fourth-order valence-corrected chi connectivity index (χ4v) is 3.17. The minimum atomic E-state index is -0.0363. The fraction of sp³-hybridized carbons (Fsp3) is 0.375. The Hall–Kier alpha value is -2.70. The molecule has 3 aromatic rings. The van der Waals surface area contributed by atoms with E-state index in [-0.39, 0.29) is 5.56 Å². The monoisotopic (exact) mass is 310 g/mol. The van der Waals surface area contributed by atoms with Gasteiger partial charge < -0.3 is 4.90 Å². The average molecular weight is 310 g/mol. The summed E-state index contributed by atoms with van der Waals surface area (Å²) in [6, 6.07) is 2.03. The third kappa shape index (κ3) is 2.28. The van der Waals surface area contributed by atoms with E-state index in [1.807, 2.05) is 17.8 Å². The fourth-order valence-electron chi connectivity index (χ4n) is 3.17. The summed E-state index contributed by atoms with van der Waals surface area (Å²) in [6.07, 6.45) is 8.19. The molecule has 0 amide bonds. The van der Waals surface area contributed by atoms with Gasteiger partial charge in [0.1, 0.15) is 0 Å². The molecule has 7 heteroatoms. The molecule has 118 valence electrons. The van der Waals surface area contributed by atoms with Gasteiger partial charge in [0, 0.05) is 32.5 Å². The van der Waals surface area contributed by atoms with Crippen LogP contribution in [-0.2, 0) is 7.05 Å². The van der Waals surface area contributed by atoms with Crippen LogP contribution in [0.2, 0.25) is 0 Å². The highest BCUT2D eigenvalue weighted by Crippen LogP contribution is 2.25. The van der Waals surface area contributed by atoms with Gasteiger partial charge in [0.25, 0.3) is 5.56 Å². The molecule has 1 saturated heterocycles. The summed E-state index contributed by atoms with van der Waals surface area (Å²) < 4.78 is 3.63. The highest BCUT2D eigenvalue weighted by molar-refractivity contribution is 5.77. The van der Waals surface area contributed by atoms with Crippen molar-refractivity contribution < 1.29 is 0 Å². The zero-order chi connectivity index (χ0) is 16.0. The number of nitrogens with zero attached hydrogens (tertiary/aromatic N) is 6. The van der Waals surface area contributed by atoms with E-state index in [2.05, 4.69) is 26.2 Å². The van der Waals surface area contributed by atoms with Gasteiger partial charge in [-0.1, -0.05) is 0 Å². The number of hydrogen-bond donors (Lipinski definition) is 0. The molecule has 1 atom stereocenters. The van der Waals surface area contributed by atoms with Gasteiger partial charge in [0.05, 0.1) is 29.3 Å². The van der Waals surface area contributed by atoms with Crippen molar-refractivity contribution in [2.45, 2.75) is 19.4 Å². The zero-order valence-corrected chi connectivity index (χ0v) is 13.2. The summed E-state index contributed by atoms with van der Waals surface area (Å²) in [6.45, 7) is 3.70. The van der Waals surface area contributed by atoms with E-state index in [4.69, 9.17) is 0 Å². The molecular formula is C16H18N6O. The van der Waals surface area contributed by atoms with Crippen LogP contribution in [0, 0.1) is 6.92 Å². The van der Waals surface area contributed by atoms with E-state index in [0.717, 1.165) is 25.1 Å². The molecule has 1 aliphatic rings. The summed E-state index contributed by atoms with van der Waals surface area (Å²) in [7, 11) is 1.77. The van der Waals surface area contributed by atoms with E-state index >= 15 is 0 Å². The lowest BCUT2D eigenvalue weighted by Gasteiger charge is -2.20. The molecule has 0 aliphatic carbocycles. The van der Waals surface area contributed by atoms with Crippen molar-refractivity contribution in [3.8, 4) is 0 Å². The molecule has 0 radical (unpaired) electrons. The highest BCUT2D eigenvalue weighted by Gasteiger charge is 2.27. The van der Waals surface area contributed by atoms with Crippen LogP contribution in [0.4, 0.5) is 5.95 Å². The average Bonchev–Trinajstić information content (AvgIpc) is 3.20. The Balaban J connectivity index is 1.70. The first-order valence-electron chi connectivity index (χ1n) is 7.70. The van der Waals surface area contributed by atoms with Gasteiger partial charge in [-0.15, -0.1) is 0 Å². The van der Waals surface area contributed by atoms with Crippen molar-refractivity contribution in [3.63, 3.8) is 0 Å². The molecule has 0 bridgehead atoms. The molecule has 0 aromatic carbocycles. The second kappa shape index (κ2) is 5.19. The normalized spacial score (nSPS) is 18.0. The molecule has 4 rings (SSSR count). The van der Waals surface area contributed by atoms with E-state index in [0.29, 0.717) is 22.9 Å². The van der Waals surface area contributed by atoms with Crippen molar-refractivity contribution in [2.75, 3.05) is 18.0 Å². The van der Waals surface area contributed by atoms with Gasteiger partial charge in [0.2, 0.25) is 5.95 Å². The predicted octanol–water partition coefficient (Wildman–Crippen LogP) is 1.28. The van der Waals surface area contributed by atoms with Crippen LogP contribution in [-0.4, -0.2) is 37.4 Å². The Morgan fingerprint density at radius 3 is 2.96 bits per heavy atom. The quantitative estimate of drug-likeness (QED) is 0.713. The van der Waals surface area contributed by atoms with Gasteiger partial charge in [-0.25, -0.2) is 4.98 Å². The Morgan fingerprint density at radius 2 is 2.17 bits per heavy atom. The molecule has 4 heterocycles. The van der Waals surface area contributed by atoms with E-state index in [9.17, 15) is 4.79 Å². The molecule has 1 fully saturated rings. The summed E-state index contributed by atoms with van der Waals surface area (Å²) in [4.78, 5) is 23.4. The first-order chi connectivity index (χ1) is 11.1. The second-order valence-electron chi connectivity index (χ2n) is 6.06. The second-order valence-corrected chi connectivity index (χ2v) is 6.06. The van der Waals surface area contributed by atoms with Crippen molar-refractivity contribution in [1.82, 2.24) is 24.3 Å². The minimum absolute atomic E-state index is 0.0363. The maximum atomic E-state index is 12.5. The molecule has 0 spiro atoms. The van der Waals surface area contributed by atoms with Gasteiger partial charge in [-0.2, -0.15) is 5.10 Å². The number of pyridine rings is 1. The van der Waals surface area contributed by atoms with Crippen LogP contribution >= 0.6 is 0 Å². The maximum absolute atomic E-state index is 12.5. The van der Waals surface area contributed by atoms with Crippen molar-refractivity contribution in [2.24, 2.45) is 7.05 Å². The number of fused-ring (bicyclic) bond motifs is 1. The first kappa shape index (κ1) is 13.9. The maximum Gasteiger partial charge on any atom is 0.262 e. The Morgan fingerprint density at radius 1 is 1.30 bits per heavy atom. The molecule has 7 nitrogen and oxygen atoms in total. The van der Waals surface area contributed by atoms with Crippen molar-refractivity contribution in [1.29, 1.82) is 0 Å². The van der Waals surface area contributed by atoms with Crippen LogP contribution < -0.4 is 10.5 Å². The molecule has 1 aliphatic heterocycles. The predicted molar refractivity (Wildman–Crippen MR) is 87.6 cm³/mol. The van der Waals surface area contributed by atoms with Crippen molar-refractivity contribution >= 4 is 16.9 Å². The number of hydrogen-bond acceptors (Lipinski definition) is 5. The van der Waals surface area contributed by atoms with Gasteiger partial charge in [-0.3, -0.25) is 19.0 Å². The third-order valence-corrected chi connectivity index (χ3v) is 4.41. The topological polar surface area (TPSA) is 68.8 Å². The lowest BCUT2D eigenvalue weighted by Crippen LogP contribution is -2.30. The minimum Gasteiger partial charge on any atom is -0.340 e. The summed E-state index contributed by atoms with van der Waals surface area (Å²) in [5, 5.41) is 5.01. The molecule has 0 saturated carbocycles. The Bertz CT molecular complexity index is 928. The van der Waals surface area contributed by atoms with Crippen LogP contribution in [0.5, 0.6) is 0 Å². The van der Waals surface area contributed by atoms with Gasteiger partial charge in [-0.05, 0) is 25.0 Å². The van der Waals surface area contributed by atoms with Crippen molar-refractivity contribution in [3.05, 3.63) is 46.8 Å². The standard InChI is InChI=1S/C16H18N6O/c1-11-7-18-22(9-11)12-4-6-21(10-12)16-19-14-8-17-5-3-13(14)15(23)20(16)2/h3,5,7-9,12H,4,6,10H2,1-2H3. The number of aryl methyl sites for hydroxylation is 1. The number of anilines is 1. The van der Waals surface area contributed by atoms with Crippen LogP contribution in [0.3, 0.4) is 0 Å². The molecule has 0 N–H and O–H groups in total. The highest BCUT2D eigenvalue weighted by atomic mass is 16.1. The lowest BCUT2D eigenvalue weighted by atomic mass is 10.3. The molecule has 23 heavy (non-hydrogen) atoms. The Kier molecular flexibility index (Phi) is 3.14. The summed E-state index contributed by atoms with van der Waals surface area (Å²) in [5.74, 6) is 0.696. The molecule has 3 aromatic heterocycles. The summed E-state index contributed by atoms with van der Waals surface area (Å²) in [5.41, 5.74) is 1.76. The smallest absolute Gasteiger partial charge is 0.262 e. The lowest BCUT2D eigenvalue weighted by molar-refractivity contribution is 0.493. The summed E-state index contributed by atoms with van der Waals surface area (Å²) >= 11 is 0. The molecule has 1 unspecified atom stereocenters. The number of aromatic nitrogens is 5. The SMILES string of the molecule is Cc1cnn(C2CCN(c3nc4cnccc4c(=O)n3C)C2)c1. The van der Waals surface area contributed by atoms with Crippen LogP contribution in [0.15, 0.2) is 35.6 Å². The first-order valence-corrected chi connectivity index (χ1v) is 7.70. The van der Waals surface area contributed by atoms with Crippen LogP contribution in [0.1, 0.15) is 18.0 Å². The third-order valence-electron chi connectivity index (χ3n) is 4.41. The van der Waals surface area contributed by atoms with E-state index in [1.165, 1.54) is 0 Å². The van der Waals surface area contributed by atoms with Gasteiger partial charge >= 0.3 is 0 Å². The zero-order valence-electron chi connectivity index (χ0n) is 13.2. The van der Waals surface area contributed by atoms with E-state index < -0.39 is 0 Å². The van der Waals surface area contributed by atoms with Crippen LogP contribution in [0.25, 0.3) is 10.9 Å². The van der Waals surface area contributed by atoms with Gasteiger partial charge in [0.15, 0.2) is 0 Å². The Labute approximate surface area is 133 Å². The number of rotatable bonds is 2. The molecular weight excluding hydrogens is 292 g/mol. The largest absolute Gasteiger partial charge is 0.340 e.